The molecule has 2 atom stereocenters. The van der Waals surface area contributed by atoms with Crippen LogP contribution in [0.5, 0.6) is 0 Å². The molecule has 0 saturated heterocycles. The van der Waals surface area contributed by atoms with Crippen molar-refractivity contribution in [2.24, 2.45) is 0 Å². The highest BCUT2D eigenvalue weighted by atomic mass is 32.2. The minimum atomic E-state index is -0.916. The topological polar surface area (TPSA) is 66.4 Å². The van der Waals surface area contributed by atoms with E-state index in [0.717, 1.165) is 19.3 Å². The first-order valence-electron chi connectivity index (χ1n) is 5.67. The number of hydrogen-bond donors (Lipinski definition) is 2. The van der Waals surface area contributed by atoms with E-state index in [0.29, 0.717) is 5.25 Å². The van der Waals surface area contributed by atoms with Gasteiger partial charge in [-0.25, -0.2) is 0 Å². The minimum absolute atomic E-state index is 0.0809. The molecule has 1 saturated carbocycles. The van der Waals surface area contributed by atoms with E-state index in [1.807, 2.05) is 0 Å². The van der Waals surface area contributed by atoms with Crippen LogP contribution in [0.25, 0.3) is 0 Å². The summed E-state index contributed by atoms with van der Waals surface area (Å²) in [6.45, 7) is 0. The van der Waals surface area contributed by atoms with Crippen LogP contribution in [0, 0.1) is 0 Å². The molecule has 1 amide bonds. The highest BCUT2D eigenvalue weighted by molar-refractivity contribution is 7.99. The zero-order valence-electron chi connectivity index (χ0n) is 9.57. The van der Waals surface area contributed by atoms with E-state index in [9.17, 15) is 9.59 Å². The monoisotopic (exact) mass is 245 g/mol. The first-order valence-corrected chi connectivity index (χ1v) is 6.96. The number of amides is 1. The Bertz CT molecular complexity index is 258. The Labute approximate surface area is 100 Å². The van der Waals surface area contributed by atoms with Crippen LogP contribution in [0.1, 0.15) is 38.5 Å². The molecule has 0 heterocycles. The lowest BCUT2D eigenvalue weighted by atomic mass is 9.94. The van der Waals surface area contributed by atoms with Crippen LogP contribution in [0.3, 0.4) is 0 Å². The summed E-state index contributed by atoms with van der Waals surface area (Å²) in [6.07, 6.45) is 6.62. The summed E-state index contributed by atoms with van der Waals surface area (Å²) in [7, 11) is 0. The molecule has 0 aromatic carbocycles. The van der Waals surface area contributed by atoms with Gasteiger partial charge in [0.15, 0.2) is 0 Å². The van der Waals surface area contributed by atoms with Crippen molar-refractivity contribution in [3.63, 3.8) is 0 Å². The van der Waals surface area contributed by atoms with Crippen molar-refractivity contribution >= 4 is 23.6 Å². The summed E-state index contributed by atoms with van der Waals surface area (Å²) in [4.78, 5) is 21.8. The minimum Gasteiger partial charge on any atom is -0.481 e. The number of hydrogen-bond acceptors (Lipinski definition) is 3. The Kier molecular flexibility index (Phi) is 5.66. The average molecular weight is 245 g/mol. The number of thioether (sulfide) groups is 1. The van der Waals surface area contributed by atoms with Crippen molar-refractivity contribution in [1.82, 2.24) is 5.32 Å². The van der Waals surface area contributed by atoms with Gasteiger partial charge in [-0.1, -0.05) is 12.8 Å². The summed E-state index contributed by atoms with van der Waals surface area (Å²) in [6, 6.07) is 0.227. The zero-order valence-corrected chi connectivity index (χ0v) is 10.4. The Hall–Kier alpha value is -0.710. The predicted molar refractivity (Wildman–Crippen MR) is 64.6 cm³/mol. The lowest BCUT2D eigenvalue weighted by Gasteiger charge is -2.30. The van der Waals surface area contributed by atoms with Gasteiger partial charge < -0.3 is 10.4 Å². The highest BCUT2D eigenvalue weighted by Gasteiger charge is 2.25. The summed E-state index contributed by atoms with van der Waals surface area (Å²) in [5.74, 6) is -1.05. The van der Waals surface area contributed by atoms with Crippen molar-refractivity contribution < 1.29 is 14.7 Å². The van der Waals surface area contributed by atoms with Crippen molar-refractivity contribution in [2.45, 2.75) is 49.8 Å². The van der Waals surface area contributed by atoms with Crippen molar-refractivity contribution in [1.29, 1.82) is 0 Å². The van der Waals surface area contributed by atoms with Crippen LogP contribution in [0.4, 0.5) is 0 Å². The quantitative estimate of drug-likeness (QED) is 0.772. The van der Waals surface area contributed by atoms with Gasteiger partial charge in [-0.3, -0.25) is 9.59 Å². The summed E-state index contributed by atoms with van der Waals surface area (Å²) in [5, 5.41) is 11.9. The number of carbonyl (C=O) groups is 2. The summed E-state index contributed by atoms with van der Waals surface area (Å²) >= 11 is 1.79. The largest absolute Gasteiger partial charge is 0.481 e. The molecule has 4 nitrogen and oxygen atoms in total. The van der Waals surface area contributed by atoms with Crippen molar-refractivity contribution in [3.8, 4) is 0 Å². The molecule has 1 aliphatic rings. The first-order chi connectivity index (χ1) is 7.63. The van der Waals surface area contributed by atoms with E-state index < -0.39 is 5.97 Å². The Balaban J connectivity index is 2.33. The number of nitrogens with one attached hydrogen (secondary N) is 1. The van der Waals surface area contributed by atoms with Crippen molar-refractivity contribution in [3.05, 3.63) is 0 Å². The van der Waals surface area contributed by atoms with E-state index in [1.165, 1.54) is 6.42 Å². The Morgan fingerprint density at radius 2 is 2.00 bits per heavy atom. The molecular weight excluding hydrogens is 226 g/mol. The van der Waals surface area contributed by atoms with Gasteiger partial charge in [0.1, 0.15) is 0 Å². The predicted octanol–water partition coefficient (Wildman–Crippen LogP) is 1.64. The van der Waals surface area contributed by atoms with E-state index in [1.54, 1.807) is 11.8 Å². The fraction of sp³-hybridized carbons (Fsp3) is 0.818. The molecule has 0 aromatic rings. The van der Waals surface area contributed by atoms with Gasteiger partial charge in [-0.05, 0) is 19.1 Å². The number of aliphatic carboxylic acids is 1. The second-order valence-corrected chi connectivity index (χ2v) is 5.20. The summed E-state index contributed by atoms with van der Waals surface area (Å²) in [5.41, 5.74) is 0. The van der Waals surface area contributed by atoms with Gasteiger partial charge in [-0.15, -0.1) is 0 Å². The normalized spacial score (nSPS) is 25.1. The average Bonchev–Trinajstić information content (AvgIpc) is 2.27. The molecule has 2 N–H and O–H groups in total. The lowest BCUT2D eigenvalue weighted by molar-refractivity contribution is -0.138. The zero-order chi connectivity index (χ0) is 12.0. The van der Waals surface area contributed by atoms with E-state index in [4.69, 9.17) is 5.11 Å². The number of carboxylic acids is 1. The molecule has 0 bridgehead atoms. The van der Waals surface area contributed by atoms with Gasteiger partial charge in [0.05, 0.1) is 6.42 Å². The molecule has 5 heteroatoms. The maximum absolute atomic E-state index is 11.5. The maximum atomic E-state index is 11.5. The Morgan fingerprint density at radius 1 is 1.31 bits per heavy atom. The second kappa shape index (κ2) is 6.78. The second-order valence-electron chi connectivity index (χ2n) is 4.13. The molecule has 2 unspecified atom stereocenters. The first kappa shape index (κ1) is 13.4. The van der Waals surface area contributed by atoms with Crippen LogP contribution < -0.4 is 5.32 Å². The van der Waals surface area contributed by atoms with Gasteiger partial charge in [0.25, 0.3) is 0 Å². The van der Waals surface area contributed by atoms with Gasteiger partial charge in [-0.2, -0.15) is 11.8 Å². The molecule has 1 fully saturated rings. The third-order valence-electron chi connectivity index (χ3n) is 2.92. The lowest BCUT2D eigenvalue weighted by Crippen LogP contribution is -2.43. The smallest absolute Gasteiger partial charge is 0.303 e. The highest BCUT2D eigenvalue weighted by Crippen LogP contribution is 2.27. The standard InChI is InChI=1S/C11H19NO3S/c1-16-9-5-3-2-4-8(9)12-10(13)6-7-11(14)15/h8-9H,2-7H2,1H3,(H,12,13)(H,14,15). The number of carbonyl (C=O) groups excluding carboxylic acids is 1. The van der Waals surface area contributed by atoms with Crippen LogP contribution >= 0.6 is 11.8 Å². The molecule has 16 heavy (non-hydrogen) atoms. The van der Waals surface area contributed by atoms with Crippen LogP contribution in [0.15, 0.2) is 0 Å². The van der Waals surface area contributed by atoms with Gasteiger partial charge in [0.2, 0.25) is 5.91 Å². The molecule has 1 rings (SSSR count). The third-order valence-corrected chi connectivity index (χ3v) is 4.09. The van der Waals surface area contributed by atoms with Crippen LogP contribution in [-0.2, 0) is 9.59 Å². The van der Waals surface area contributed by atoms with E-state index in [-0.39, 0.29) is 24.8 Å². The van der Waals surface area contributed by atoms with E-state index in [2.05, 4.69) is 11.6 Å². The molecule has 92 valence electrons. The molecule has 1 aliphatic carbocycles. The fourth-order valence-electron chi connectivity index (χ4n) is 2.04. The van der Waals surface area contributed by atoms with Crippen molar-refractivity contribution in [2.75, 3.05) is 6.26 Å². The van der Waals surface area contributed by atoms with Crippen LogP contribution in [-0.4, -0.2) is 34.5 Å². The third kappa shape index (κ3) is 4.43. The molecule has 0 aromatic heterocycles. The Morgan fingerprint density at radius 3 is 2.62 bits per heavy atom. The summed E-state index contributed by atoms with van der Waals surface area (Å²) < 4.78 is 0. The van der Waals surface area contributed by atoms with Crippen LogP contribution in [0.2, 0.25) is 0 Å². The SMILES string of the molecule is CSC1CCCCC1NC(=O)CCC(=O)O. The van der Waals surface area contributed by atoms with Gasteiger partial charge in [0, 0.05) is 17.7 Å². The maximum Gasteiger partial charge on any atom is 0.303 e. The molecule has 0 spiro atoms. The molecular formula is C11H19NO3S. The number of rotatable bonds is 5. The fourth-order valence-corrected chi connectivity index (χ4v) is 2.98. The van der Waals surface area contributed by atoms with Gasteiger partial charge >= 0.3 is 5.97 Å². The number of carboxylic acid groups (broad SMARTS) is 1. The van der Waals surface area contributed by atoms with E-state index >= 15 is 0 Å². The molecule has 0 radical (unpaired) electrons. The molecule has 0 aliphatic heterocycles.